The first-order valence-electron chi connectivity index (χ1n) is 8.82. The molecule has 1 aliphatic rings. The van der Waals surface area contributed by atoms with E-state index in [1.54, 1.807) is 13.2 Å². The number of carbonyl (C=O) groups excluding carboxylic acids is 1. The molecule has 1 aromatic carbocycles. The molecule has 134 valence electrons. The number of likely N-dealkylation sites (N-methyl/N-ethyl adjacent to an activating group) is 1. The molecular weight excluding hydrogens is 304 g/mol. The van der Waals surface area contributed by atoms with Crippen LogP contribution in [0.15, 0.2) is 18.2 Å². The molecule has 5 heteroatoms. The number of likely N-dealkylation sites (tertiary alicyclic amines) is 1. The Labute approximate surface area is 145 Å². The Kier molecular flexibility index (Phi) is 6.91. The van der Waals surface area contributed by atoms with Crippen LogP contribution in [-0.4, -0.2) is 50.7 Å². The zero-order valence-corrected chi connectivity index (χ0v) is 15.3. The monoisotopic (exact) mass is 334 g/mol. The van der Waals surface area contributed by atoms with E-state index in [2.05, 4.69) is 19.2 Å². The number of rotatable bonds is 7. The minimum absolute atomic E-state index is 0.0574. The number of piperidine rings is 1. The summed E-state index contributed by atoms with van der Waals surface area (Å²) in [6.45, 7) is 6.55. The van der Waals surface area contributed by atoms with E-state index in [0.717, 1.165) is 32.4 Å². The van der Waals surface area contributed by atoms with Gasteiger partial charge in [-0.05, 0) is 50.4 Å². The SMILES string of the molecule is CNC1CCCN(C(=O)c2ccc(OCCC(C)C)c(OC)c2)C1. The van der Waals surface area contributed by atoms with Gasteiger partial charge in [0.25, 0.3) is 5.91 Å². The van der Waals surface area contributed by atoms with Gasteiger partial charge in [0.1, 0.15) is 0 Å². The maximum atomic E-state index is 12.7. The molecule has 0 aliphatic carbocycles. The van der Waals surface area contributed by atoms with Gasteiger partial charge in [-0.3, -0.25) is 4.79 Å². The fourth-order valence-electron chi connectivity index (χ4n) is 2.90. The summed E-state index contributed by atoms with van der Waals surface area (Å²) in [5.74, 6) is 1.96. The van der Waals surface area contributed by atoms with Gasteiger partial charge in [0.05, 0.1) is 13.7 Å². The predicted molar refractivity (Wildman–Crippen MR) is 95.9 cm³/mol. The zero-order chi connectivity index (χ0) is 17.5. The number of amides is 1. The molecular formula is C19H30N2O3. The van der Waals surface area contributed by atoms with Crippen molar-refractivity contribution >= 4 is 5.91 Å². The lowest BCUT2D eigenvalue weighted by molar-refractivity contribution is 0.0697. The van der Waals surface area contributed by atoms with Crippen LogP contribution in [-0.2, 0) is 0 Å². The van der Waals surface area contributed by atoms with Crippen molar-refractivity contribution in [2.24, 2.45) is 5.92 Å². The molecule has 0 spiro atoms. The first kappa shape index (κ1) is 18.6. The number of hydrogen-bond donors (Lipinski definition) is 1. The quantitative estimate of drug-likeness (QED) is 0.833. The topological polar surface area (TPSA) is 50.8 Å². The van der Waals surface area contributed by atoms with Crippen LogP contribution in [0.5, 0.6) is 11.5 Å². The largest absolute Gasteiger partial charge is 0.493 e. The number of nitrogens with one attached hydrogen (secondary N) is 1. The second-order valence-electron chi connectivity index (χ2n) is 6.78. The molecule has 0 aromatic heterocycles. The standard InChI is InChI=1S/C19H30N2O3/c1-14(2)9-11-24-17-8-7-15(12-18(17)23-4)19(22)21-10-5-6-16(13-21)20-3/h7-8,12,14,16,20H,5-6,9-11,13H2,1-4H3. The van der Waals surface area contributed by atoms with Gasteiger partial charge in [0, 0.05) is 24.7 Å². The highest BCUT2D eigenvalue weighted by atomic mass is 16.5. The molecule has 0 saturated carbocycles. The van der Waals surface area contributed by atoms with E-state index in [1.165, 1.54) is 0 Å². The van der Waals surface area contributed by atoms with Crippen LogP contribution in [0, 0.1) is 5.92 Å². The number of hydrogen-bond acceptors (Lipinski definition) is 4. The van der Waals surface area contributed by atoms with Gasteiger partial charge in [0.15, 0.2) is 11.5 Å². The van der Waals surface area contributed by atoms with Gasteiger partial charge in [-0.15, -0.1) is 0 Å². The Balaban J connectivity index is 2.06. The molecule has 1 atom stereocenters. The average Bonchev–Trinajstić information content (AvgIpc) is 2.61. The first-order valence-corrected chi connectivity index (χ1v) is 8.82. The van der Waals surface area contributed by atoms with E-state index in [-0.39, 0.29) is 5.91 Å². The molecule has 1 aromatic rings. The first-order chi connectivity index (χ1) is 11.5. The molecule has 2 rings (SSSR count). The van der Waals surface area contributed by atoms with E-state index < -0.39 is 0 Å². The minimum atomic E-state index is 0.0574. The maximum absolute atomic E-state index is 12.7. The molecule has 0 bridgehead atoms. The summed E-state index contributed by atoms with van der Waals surface area (Å²) in [5.41, 5.74) is 0.653. The normalized spacial score (nSPS) is 17.9. The van der Waals surface area contributed by atoms with Gasteiger partial charge >= 0.3 is 0 Å². The molecule has 24 heavy (non-hydrogen) atoms. The fraction of sp³-hybridized carbons (Fsp3) is 0.632. The van der Waals surface area contributed by atoms with E-state index >= 15 is 0 Å². The van der Waals surface area contributed by atoms with Crippen molar-refractivity contribution in [3.63, 3.8) is 0 Å². The molecule has 1 fully saturated rings. The summed E-state index contributed by atoms with van der Waals surface area (Å²) in [7, 11) is 3.56. The Bertz CT molecular complexity index is 545. The Morgan fingerprint density at radius 2 is 2.17 bits per heavy atom. The van der Waals surface area contributed by atoms with Gasteiger partial charge < -0.3 is 19.7 Å². The van der Waals surface area contributed by atoms with Crippen molar-refractivity contribution < 1.29 is 14.3 Å². The zero-order valence-electron chi connectivity index (χ0n) is 15.3. The van der Waals surface area contributed by atoms with Gasteiger partial charge in [-0.2, -0.15) is 0 Å². The second-order valence-corrected chi connectivity index (χ2v) is 6.78. The second kappa shape index (κ2) is 8.92. The van der Waals surface area contributed by atoms with Crippen molar-refractivity contribution in [1.29, 1.82) is 0 Å². The van der Waals surface area contributed by atoms with E-state index in [9.17, 15) is 4.79 Å². The molecule has 1 saturated heterocycles. The van der Waals surface area contributed by atoms with Crippen LogP contribution in [0.4, 0.5) is 0 Å². The highest BCUT2D eigenvalue weighted by molar-refractivity contribution is 5.95. The van der Waals surface area contributed by atoms with Crippen LogP contribution in [0.25, 0.3) is 0 Å². The van der Waals surface area contributed by atoms with Crippen molar-refractivity contribution in [3.05, 3.63) is 23.8 Å². The lowest BCUT2D eigenvalue weighted by Gasteiger charge is -2.32. The van der Waals surface area contributed by atoms with Crippen LogP contribution >= 0.6 is 0 Å². The van der Waals surface area contributed by atoms with Crippen LogP contribution in [0.3, 0.4) is 0 Å². The van der Waals surface area contributed by atoms with Crippen molar-refractivity contribution in [3.8, 4) is 11.5 Å². The summed E-state index contributed by atoms with van der Waals surface area (Å²) < 4.78 is 11.2. The number of carbonyl (C=O) groups is 1. The molecule has 1 unspecified atom stereocenters. The third kappa shape index (κ3) is 4.87. The third-order valence-corrected chi connectivity index (χ3v) is 4.48. The average molecular weight is 334 g/mol. The van der Waals surface area contributed by atoms with Gasteiger partial charge in [-0.25, -0.2) is 0 Å². The third-order valence-electron chi connectivity index (χ3n) is 4.48. The van der Waals surface area contributed by atoms with E-state index in [1.807, 2.05) is 24.1 Å². The van der Waals surface area contributed by atoms with E-state index in [4.69, 9.17) is 9.47 Å². The molecule has 1 amide bonds. The van der Waals surface area contributed by atoms with Crippen LogP contribution in [0.2, 0.25) is 0 Å². The predicted octanol–water partition coefficient (Wildman–Crippen LogP) is 2.94. The summed E-state index contributed by atoms with van der Waals surface area (Å²) in [6, 6.07) is 5.84. The van der Waals surface area contributed by atoms with E-state index in [0.29, 0.717) is 35.6 Å². The molecule has 1 heterocycles. The number of benzene rings is 1. The number of methoxy groups -OCH3 is 1. The fourth-order valence-corrected chi connectivity index (χ4v) is 2.90. The van der Waals surface area contributed by atoms with Crippen molar-refractivity contribution in [2.45, 2.75) is 39.2 Å². The van der Waals surface area contributed by atoms with Crippen molar-refractivity contribution in [1.82, 2.24) is 10.2 Å². The number of nitrogens with zero attached hydrogens (tertiary/aromatic N) is 1. The molecule has 0 radical (unpaired) electrons. The highest BCUT2D eigenvalue weighted by Gasteiger charge is 2.24. The summed E-state index contributed by atoms with van der Waals surface area (Å²) >= 11 is 0. The molecule has 5 nitrogen and oxygen atoms in total. The van der Waals surface area contributed by atoms with Crippen LogP contribution in [0.1, 0.15) is 43.5 Å². The summed E-state index contributed by atoms with van der Waals surface area (Å²) in [6.07, 6.45) is 3.14. The Morgan fingerprint density at radius 1 is 1.38 bits per heavy atom. The summed E-state index contributed by atoms with van der Waals surface area (Å²) in [4.78, 5) is 14.7. The number of ether oxygens (including phenoxy) is 2. The van der Waals surface area contributed by atoms with Gasteiger partial charge in [-0.1, -0.05) is 13.8 Å². The molecule has 1 N–H and O–H groups in total. The molecule has 1 aliphatic heterocycles. The smallest absolute Gasteiger partial charge is 0.254 e. The Hall–Kier alpha value is -1.75. The Morgan fingerprint density at radius 3 is 2.83 bits per heavy atom. The highest BCUT2D eigenvalue weighted by Crippen LogP contribution is 2.29. The van der Waals surface area contributed by atoms with Crippen LogP contribution < -0.4 is 14.8 Å². The maximum Gasteiger partial charge on any atom is 0.254 e. The minimum Gasteiger partial charge on any atom is -0.493 e. The summed E-state index contributed by atoms with van der Waals surface area (Å²) in [5, 5.41) is 3.27. The lowest BCUT2D eigenvalue weighted by atomic mass is 10.0. The lowest BCUT2D eigenvalue weighted by Crippen LogP contribution is -2.46. The van der Waals surface area contributed by atoms with Crippen molar-refractivity contribution in [2.75, 3.05) is 33.9 Å². The van der Waals surface area contributed by atoms with Gasteiger partial charge in [0.2, 0.25) is 0 Å².